The fraction of sp³-hybridized carbons (Fsp3) is 0.233. The van der Waals surface area contributed by atoms with E-state index in [4.69, 9.17) is 4.74 Å². The minimum absolute atomic E-state index is 0.0000538. The standard InChI is InChI=1S/C17H16O2.C13H19N3O/c1-12(2)14-5-4-6-15(11-14)17(18)13-7-9-16(19-3)10-8-13;1-5-7-10(3)12(6-2)15-16-9-8-14-13(17)11(16)4/h4-11H,1H2,2-3H3;5-7,11H,2-3,8-9H2,1,4H3,(H,14,17)/b;7-5-,15-12+. The number of ether oxygens (including phenoxy) is 1. The average Bonchev–Trinajstić information content (AvgIpc) is 2.89. The number of piperazine rings is 1. The van der Waals surface area contributed by atoms with Gasteiger partial charge in [-0.25, -0.2) is 0 Å². The molecule has 1 fully saturated rings. The van der Waals surface area contributed by atoms with E-state index >= 15 is 0 Å². The number of carbonyl (C=O) groups is 2. The molecule has 1 aliphatic rings. The van der Waals surface area contributed by atoms with Crippen molar-refractivity contribution < 1.29 is 14.3 Å². The second-order valence-corrected chi connectivity index (χ2v) is 8.26. The molecule has 2 aromatic rings. The predicted octanol–water partition coefficient (Wildman–Crippen LogP) is 5.44. The molecule has 6 nitrogen and oxygen atoms in total. The topological polar surface area (TPSA) is 71.0 Å². The second-order valence-electron chi connectivity index (χ2n) is 8.26. The molecule has 0 saturated carbocycles. The van der Waals surface area contributed by atoms with E-state index in [1.807, 2.05) is 57.2 Å². The highest BCUT2D eigenvalue weighted by molar-refractivity contribution is 6.10. The summed E-state index contributed by atoms with van der Waals surface area (Å²) in [5.41, 5.74) is 4.75. The Bertz CT molecular complexity index is 1180. The van der Waals surface area contributed by atoms with Crippen molar-refractivity contribution in [1.82, 2.24) is 10.3 Å². The van der Waals surface area contributed by atoms with Crippen LogP contribution in [0.1, 0.15) is 42.3 Å². The molecule has 1 saturated heterocycles. The van der Waals surface area contributed by atoms with Gasteiger partial charge >= 0.3 is 0 Å². The summed E-state index contributed by atoms with van der Waals surface area (Å²) in [6.07, 6.45) is 5.42. The van der Waals surface area contributed by atoms with Crippen molar-refractivity contribution in [3.8, 4) is 5.75 Å². The third kappa shape index (κ3) is 7.67. The zero-order chi connectivity index (χ0) is 26.7. The molecule has 188 valence electrons. The molecule has 2 aromatic carbocycles. The maximum absolute atomic E-state index is 12.4. The van der Waals surface area contributed by atoms with Crippen molar-refractivity contribution in [1.29, 1.82) is 0 Å². The smallest absolute Gasteiger partial charge is 0.244 e. The molecule has 1 unspecified atom stereocenters. The lowest BCUT2D eigenvalue weighted by molar-refractivity contribution is -0.128. The van der Waals surface area contributed by atoms with Crippen LogP contribution in [-0.4, -0.2) is 48.7 Å². The van der Waals surface area contributed by atoms with Gasteiger partial charge in [0.05, 0.1) is 19.4 Å². The fourth-order valence-corrected chi connectivity index (χ4v) is 3.40. The summed E-state index contributed by atoms with van der Waals surface area (Å²) in [7, 11) is 1.60. The van der Waals surface area contributed by atoms with E-state index in [1.165, 1.54) is 0 Å². The van der Waals surface area contributed by atoms with Crippen LogP contribution in [0.5, 0.6) is 5.75 Å². The number of hydrazone groups is 1. The molecule has 1 atom stereocenters. The first kappa shape index (κ1) is 28.1. The number of hydrogen-bond donors (Lipinski definition) is 1. The molecule has 3 rings (SSSR count). The molecular weight excluding hydrogens is 450 g/mol. The summed E-state index contributed by atoms with van der Waals surface area (Å²) in [5.74, 6) is 0.748. The van der Waals surface area contributed by atoms with Gasteiger partial charge in [0.1, 0.15) is 11.8 Å². The van der Waals surface area contributed by atoms with Crippen LogP contribution in [0.3, 0.4) is 0 Å². The second kappa shape index (κ2) is 13.6. The van der Waals surface area contributed by atoms with Gasteiger partial charge in [0.2, 0.25) is 5.91 Å². The number of nitrogens with zero attached hydrogens (tertiary/aromatic N) is 2. The third-order valence-electron chi connectivity index (χ3n) is 5.56. The zero-order valence-electron chi connectivity index (χ0n) is 21.6. The Morgan fingerprint density at radius 2 is 1.81 bits per heavy atom. The van der Waals surface area contributed by atoms with E-state index in [9.17, 15) is 9.59 Å². The van der Waals surface area contributed by atoms with Gasteiger partial charge in [-0.2, -0.15) is 5.10 Å². The van der Waals surface area contributed by atoms with E-state index in [-0.39, 0.29) is 17.7 Å². The molecule has 0 aromatic heterocycles. The van der Waals surface area contributed by atoms with Crippen LogP contribution >= 0.6 is 0 Å². The van der Waals surface area contributed by atoms with Crippen molar-refractivity contribution in [3.05, 3.63) is 109 Å². The Morgan fingerprint density at radius 3 is 2.39 bits per heavy atom. The van der Waals surface area contributed by atoms with Crippen molar-refractivity contribution in [3.63, 3.8) is 0 Å². The SMILES string of the molecule is C=C(C)c1cccc(C(=O)c2ccc(OC)cc2)c1.C=C/C(=N\N1CCNC(=O)C1C)C(=C)/C=C\C. The lowest BCUT2D eigenvalue weighted by Crippen LogP contribution is -2.51. The van der Waals surface area contributed by atoms with E-state index in [0.717, 1.165) is 22.5 Å². The molecule has 6 heteroatoms. The summed E-state index contributed by atoms with van der Waals surface area (Å²) in [6, 6.07) is 14.4. The van der Waals surface area contributed by atoms with Crippen LogP contribution in [0.4, 0.5) is 0 Å². The predicted molar refractivity (Wildman–Crippen MR) is 148 cm³/mol. The Balaban J connectivity index is 0.000000255. The van der Waals surface area contributed by atoms with Crippen LogP contribution in [0.2, 0.25) is 0 Å². The highest BCUT2D eigenvalue weighted by atomic mass is 16.5. The number of ketones is 1. The van der Waals surface area contributed by atoms with Crippen LogP contribution in [0.15, 0.2) is 97.2 Å². The Hall–Kier alpha value is -4.19. The fourth-order valence-electron chi connectivity index (χ4n) is 3.40. The summed E-state index contributed by atoms with van der Waals surface area (Å²) in [6.45, 7) is 18.5. The molecule has 1 amide bonds. The number of hydrogen-bond acceptors (Lipinski definition) is 5. The number of benzene rings is 2. The van der Waals surface area contributed by atoms with Gasteiger partial charge < -0.3 is 10.1 Å². The molecular formula is C30H35N3O3. The maximum Gasteiger partial charge on any atom is 0.244 e. The molecule has 1 heterocycles. The quantitative estimate of drug-likeness (QED) is 0.307. The van der Waals surface area contributed by atoms with Gasteiger partial charge in [0.25, 0.3) is 0 Å². The number of allylic oxidation sites excluding steroid dienone is 5. The number of amides is 1. The van der Waals surface area contributed by atoms with Gasteiger partial charge in [-0.3, -0.25) is 14.6 Å². The zero-order valence-corrected chi connectivity index (χ0v) is 21.6. The minimum atomic E-state index is -0.253. The van der Waals surface area contributed by atoms with Crippen LogP contribution < -0.4 is 10.1 Å². The first-order valence-electron chi connectivity index (χ1n) is 11.7. The van der Waals surface area contributed by atoms with Crippen LogP contribution in [0.25, 0.3) is 5.57 Å². The number of nitrogens with one attached hydrogen (secondary N) is 1. The highest BCUT2D eigenvalue weighted by Gasteiger charge is 2.24. The van der Waals surface area contributed by atoms with Crippen LogP contribution in [-0.2, 0) is 4.79 Å². The van der Waals surface area contributed by atoms with Gasteiger partial charge in [-0.1, -0.05) is 55.7 Å². The molecule has 0 aliphatic carbocycles. The van der Waals surface area contributed by atoms with E-state index in [0.29, 0.717) is 29.9 Å². The number of rotatable bonds is 8. The Kier molecular flexibility index (Phi) is 10.6. The minimum Gasteiger partial charge on any atom is -0.497 e. The summed E-state index contributed by atoms with van der Waals surface area (Å²) >= 11 is 0. The van der Waals surface area contributed by atoms with Gasteiger partial charge in [0, 0.05) is 17.7 Å². The average molecular weight is 486 g/mol. The maximum atomic E-state index is 12.4. The first-order chi connectivity index (χ1) is 17.2. The van der Waals surface area contributed by atoms with Gasteiger partial charge in [0.15, 0.2) is 5.78 Å². The molecule has 0 bridgehead atoms. The molecule has 1 aliphatic heterocycles. The monoisotopic (exact) mass is 485 g/mol. The lowest BCUT2D eigenvalue weighted by atomic mass is 9.99. The number of methoxy groups -OCH3 is 1. The van der Waals surface area contributed by atoms with Crippen molar-refractivity contribution >= 4 is 23.0 Å². The summed E-state index contributed by atoms with van der Waals surface area (Å²) in [5, 5.41) is 8.99. The third-order valence-corrected chi connectivity index (χ3v) is 5.56. The lowest BCUT2D eigenvalue weighted by Gasteiger charge is -2.30. The van der Waals surface area contributed by atoms with Crippen LogP contribution in [0, 0.1) is 0 Å². The van der Waals surface area contributed by atoms with Crippen molar-refractivity contribution in [2.24, 2.45) is 5.10 Å². The Labute approximate surface area is 214 Å². The van der Waals surface area contributed by atoms with Gasteiger partial charge in [-0.15, -0.1) is 0 Å². The Morgan fingerprint density at radius 1 is 1.14 bits per heavy atom. The summed E-state index contributed by atoms with van der Waals surface area (Å²) < 4.78 is 5.08. The van der Waals surface area contributed by atoms with Gasteiger partial charge in [-0.05, 0) is 68.3 Å². The molecule has 1 N–H and O–H groups in total. The molecule has 0 spiro atoms. The van der Waals surface area contributed by atoms with E-state index in [1.54, 1.807) is 42.5 Å². The first-order valence-corrected chi connectivity index (χ1v) is 11.7. The van der Waals surface area contributed by atoms with E-state index in [2.05, 4.69) is 30.2 Å². The molecule has 36 heavy (non-hydrogen) atoms. The highest BCUT2D eigenvalue weighted by Crippen LogP contribution is 2.18. The largest absolute Gasteiger partial charge is 0.497 e. The van der Waals surface area contributed by atoms with Crippen molar-refractivity contribution in [2.75, 3.05) is 20.2 Å². The normalized spacial score (nSPS) is 15.4. The number of carbonyl (C=O) groups excluding carboxylic acids is 2. The summed E-state index contributed by atoms with van der Waals surface area (Å²) in [4.78, 5) is 23.8. The van der Waals surface area contributed by atoms with E-state index < -0.39 is 0 Å². The molecule has 0 radical (unpaired) electrons. The van der Waals surface area contributed by atoms with Crippen molar-refractivity contribution in [2.45, 2.75) is 26.8 Å².